The number of carboxylic acid groups (broad SMARTS) is 2. The Hall–Kier alpha value is 5.71. The molecule has 13 nitrogen and oxygen atoms in total. The fourth-order valence-electron chi connectivity index (χ4n) is 0. The Kier molecular flexibility index (Phi) is 110. The van der Waals surface area contributed by atoms with Crippen LogP contribution in [0.25, 0.3) is 0 Å². The molecule has 20 heteroatoms. The first-order valence-electron chi connectivity index (χ1n) is 2.22. The summed E-state index contributed by atoms with van der Waals surface area (Å²) in [5.74, 6) is 0. The molecular weight excluding hydrogens is 482 g/mol. The fourth-order valence-corrected chi connectivity index (χ4v) is 0. The minimum atomic E-state index is -4.64. The Labute approximate surface area is 268 Å². The van der Waals surface area contributed by atoms with Crippen LogP contribution in [0.1, 0.15) is 0 Å². The minimum absolute atomic E-state index is 0. The molecule has 0 amide bonds. The van der Waals surface area contributed by atoms with Gasteiger partial charge in [0.2, 0.25) is 0 Å². The molecule has 0 fully saturated rings. The summed E-state index contributed by atoms with van der Waals surface area (Å²) in [6.07, 6.45) is -1.83. The van der Waals surface area contributed by atoms with Crippen molar-refractivity contribution in [3.05, 3.63) is 0 Å². The molecule has 0 atom stereocenters. The molecule has 0 aliphatic carbocycles. The van der Waals surface area contributed by atoms with Crippen LogP contribution >= 0.6 is 15.6 Å². The molecule has 0 aromatic heterocycles. The predicted molar refractivity (Wildman–Crippen MR) is 89.1 cm³/mol. The second-order valence-corrected chi connectivity index (χ2v) is 3.36. The van der Waals surface area contributed by atoms with Gasteiger partial charge in [-0.05, 0) is 0 Å². The van der Waals surface area contributed by atoms with Crippen molar-refractivity contribution in [2.75, 3.05) is 0 Å². The Morgan fingerprint density at radius 2 is 0.571 bits per heavy atom. The molecule has 0 aliphatic heterocycles. The molecule has 0 unspecified atom stereocenters. The Bertz CT molecular complexity index is 206. The van der Waals surface area contributed by atoms with Crippen molar-refractivity contribution in [3.63, 3.8) is 0 Å². The Morgan fingerprint density at radius 1 is 0.571 bits per heavy atom. The summed E-state index contributed by atoms with van der Waals surface area (Å²) in [5.41, 5.74) is 0. The van der Waals surface area contributed by atoms with E-state index < -0.39 is 21.8 Å². The molecule has 0 aliphatic rings. The van der Waals surface area contributed by atoms with Gasteiger partial charge in [0.25, 0.3) is 0 Å². The standard InChI is InChI=1S/CH2O3.5Ca.2H3O4P.2H2O.10H/c2-1(3)4;;;;;;2*1-5(2,3)4;;;;;;;;;;;;/h(H2,2,3,4);;;;;;2*(H3,1,2,3,4);2*1H2;;;;;;;;;;. The summed E-state index contributed by atoms with van der Waals surface area (Å²) in [7, 11) is -9.28. The van der Waals surface area contributed by atoms with Crippen molar-refractivity contribution in [2.45, 2.75) is 0 Å². The van der Waals surface area contributed by atoms with Crippen molar-refractivity contribution in [3.8, 4) is 0 Å². The normalized spacial score (nSPS) is 6.76. The Morgan fingerprint density at radius 3 is 0.571 bits per heavy atom. The summed E-state index contributed by atoms with van der Waals surface area (Å²) in [5, 5.41) is 13.9. The van der Waals surface area contributed by atoms with E-state index in [1.807, 2.05) is 0 Å². The van der Waals surface area contributed by atoms with E-state index in [2.05, 4.69) is 0 Å². The number of rotatable bonds is 0. The SMILES string of the molecule is O.O.O=C(O)O.O=P(O)(O)O.O=P(O)(O)O.[CaH2].[CaH2].[CaH2].[CaH2].[CaH2]. The van der Waals surface area contributed by atoms with Gasteiger partial charge >= 0.3 is 210 Å². The van der Waals surface area contributed by atoms with Crippen LogP contribution in [0.4, 0.5) is 4.79 Å². The van der Waals surface area contributed by atoms with Gasteiger partial charge in [-0.2, -0.15) is 0 Å². The van der Waals surface area contributed by atoms with Gasteiger partial charge in [0.1, 0.15) is 0 Å². The molecule has 0 saturated heterocycles. The van der Waals surface area contributed by atoms with E-state index in [4.69, 9.17) is 53.5 Å². The summed E-state index contributed by atoms with van der Waals surface area (Å²) in [6, 6.07) is 0. The van der Waals surface area contributed by atoms with Crippen LogP contribution in [0, 0.1) is 0 Å². The van der Waals surface area contributed by atoms with Gasteiger partial charge in [-0.15, -0.1) is 0 Å². The van der Waals surface area contributed by atoms with E-state index in [0.29, 0.717) is 0 Å². The molecule has 0 aromatic rings. The molecule has 12 N–H and O–H groups in total. The van der Waals surface area contributed by atoms with Crippen LogP contribution < -0.4 is 0 Å². The first kappa shape index (κ1) is 63.2. The van der Waals surface area contributed by atoms with Crippen LogP contribution in [-0.4, -0.2) is 245 Å². The zero-order valence-electron chi connectivity index (χ0n) is 7.20. The summed E-state index contributed by atoms with van der Waals surface area (Å²) < 4.78 is 17.8. The summed E-state index contributed by atoms with van der Waals surface area (Å²) in [4.78, 5) is 51.7. The topological polar surface area (TPSA) is 276 Å². The molecular formula is CH22Ca5O13P2. The average molecular weight is 505 g/mol. The monoisotopic (exact) mass is 504 g/mol. The fraction of sp³-hybridized carbons (Fsp3) is 0. The summed E-state index contributed by atoms with van der Waals surface area (Å²) >= 11 is 0. The van der Waals surface area contributed by atoms with Gasteiger partial charge in [-0.1, -0.05) is 0 Å². The van der Waals surface area contributed by atoms with Crippen LogP contribution in [0.15, 0.2) is 0 Å². The maximum absolute atomic E-state index is 8.88. The van der Waals surface area contributed by atoms with Gasteiger partial charge < -0.3 is 50.5 Å². The number of hydrogen-bond donors (Lipinski definition) is 8. The van der Waals surface area contributed by atoms with Crippen LogP contribution in [0.3, 0.4) is 0 Å². The third kappa shape index (κ3) is 443. The van der Waals surface area contributed by atoms with Gasteiger partial charge in [0.05, 0.1) is 0 Å². The van der Waals surface area contributed by atoms with Gasteiger partial charge in [-0.25, -0.2) is 13.9 Å². The van der Waals surface area contributed by atoms with E-state index in [1.165, 1.54) is 0 Å². The number of carbonyl (C=O) groups is 1. The third-order valence-corrected chi connectivity index (χ3v) is 0. The maximum atomic E-state index is 8.88. The second kappa shape index (κ2) is 36.6. The van der Waals surface area contributed by atoms with Crippen LogP contribution in [0.5, 0.6) is 0 Å². The Balaban J connectivity index is -0.00000000930. The molecule has 0 aromatic carbocycles. The zero-order valence-corrected chi connectivity index (χ0v) is 8.99. The van der Waals surface area contributed by atoms with Gasteiger partial charge in [0.15, 0.2) is 0 Å². The van der Waals surface area contributed by atoms with Crippen molar-refractivity contribution < 1.29 is 64.5 Å². The quantitative estimate of drug-likeness (QED) is 0.113. The van der Waals surface area contributed by atoms with Crippen LogP contribution in [0.2, 0.25) is 0 Å². The van der Waals surface area contributed by atoms with E-state index in [9.17, 15) is 0 Å². The molecule has 0 spiro atoms. The molecule has 0 rings (SSSR count). The van der Waals surface area contributed by atoms with E-state index in [0.717, 1.165) is 0 Å². The number of phosphoric acid groups is 2. The molecule has 21 heavy (non-hydrogen) atoms. The van der Waals surface area contributed by atoms with E-state index in [-0.39, 0.29) is 200 Å². The van der Waals surface area contributed by atoms with E-state index >= 15 is 0 Å². The predicted octanol–water partition coefficient (Wildman–Crippen LogP) is -7.87. The van der Waals surface area contributed by atoms with Crippen LogP contribution in [-0.2, 0) is 9.13 Å². The van der Waals surface area contributed by atoms with Crippen molar-refractivity contribution in [2.24, 2.45) is 0 Å². The second-order valence-electron chi connectivity index (χ2n) is 1.31. The first-order valence-corrected chi connectivity index (χ1v) is 5.35. The zero-order chi connectivity index (χ0) is 12.6. The molecule has 124 valence electrons. The molecule has 0 radical (unpaired) electrons. The molecule has 0 saturated carbocycles. The van der Waals surface area contributed by atoms with Crippen molar-refractivity contribution in [1.82, 2.24) is 0 Å². The number of hydrogen-bond acceptors (Lipinski definition) is 3. The first-order chi connectivity index (χ1) is 5.73. The van der Waals surface area contributed by atoms with Gasteiger partial charge in [0, 0.05) is 0 Å². The summed E-state index contributed by atoms with van der Waals surface area (Å²) in [6.45, 7) is 0. The molecule has 0 bridgehead atoms. The van der Waals surface area contributed by atoms with E-state index in [1.54, 1.807) is 0 Å². The van der Waals surface area contributed by atoms with Crippen molar-refractivity contribution in [1.29, 1.82) is 0 Å². The average Bonchev–Trinajstić information content (AvgIpc) is 1.45. The molecule has 0 heterocycles. The van der Waals surface area contributed by atoms with Gasteiger partial charge in [-0.3, -0.25) is 0 Å². The third-order valence-electron chi connectivity index (χ3n) is 0. The van der Waals surface area contributed by atoms with Crippen molar-refractivity contribution >= 4 is 210 Å².